The lowest BCUT2D eigenvalue weighted by Crippen LogP contribution is -2.41. The Kier molecular flexibility index (Phi) is 6.45. The molecule has 2 amide bonds. The Morgan fingerprint density at radius 2 is 1.84 bits per heavy atom. The lowest BCUT2D eigenvalue weighted by Gasteiger charge is -2.39. The summed E-state index contributed by atoms with van der Waals surface area (Å²) in [6, 6.07) is 6.91. The molecule has 25 heavy (non-hydrogen) atoms. The zero-order valence-corrected chi connectivity index (χ0v) is 15.5. The minimum absolute atomic E-state index is 0.106. The van der Waals surface area contributed by atoms with Gasteiger partial charge in [-0.3, -0.25) is 9.59 Å². The molecule has 138 valence electrons. The van der Waals surface area contributed by atoms with Gasteiger partial charge in [0, 0.05) is 6.04 Å². The number of amides is 2. The molecule has 1 fully saturated rings. The van der Waals surface area contributed by atoms with E-state index in [0.717, 1.165) is 31.6 Å². The summed E-state index contributed by atoms with van der Waals surface area (Å²) in [6.07, 6.45) is 5.51. The Morgan fingerprint density at radius 3 is 2.44 bits per heavy atom. The number of benzene rings is 1. The number of hydrogen-bond donors (Lipinski definition) is 2. The minimum atomic E-state index is -0.562. The number of carbonyl (C=O) groups excluding carboxylic acids is 2. The van der Waals surface area contributed by atoms with Crippen LogP contribution in [0.2, 0.25) is 0 Å². The fourth-order valence-corrected chi connectivity index (χ4v) is 3.52. The van der Waals surface area contributed by atoms with Crippen LogP contribution >= 0.6 is 0 Å². The molecule has 1 aliphatic rings. The van der Waals surface area contributed by atoms with Crippen LogP contribution < -0.4 is 15.8 Å². The second-order valence-electron chi connectivity index (χ2n) is 7.61. The van der Waals surface area contributed by atoms with Crippen molar-refractivity contribution in [2.75, 3.05) is 6.61 Å². The molecule has 0 atom stereocenters. The van der Waals surface area contributed by atoms with Gasteiger partial charge in [0.15, 0.2) is 6.61 Å². The summed E-state index contributed by atoms with van der Waals surface area (Å²) >= 11 is 0. The van der Waals surface area contributed by atoms with Crippen molar-refractivity contribution in [1.29, 1.82) is 0 Å². The average Bonchev–Trinajstić information content (AvgIpc) is 2.60. The number of ether oxygens (including phenoxy) is 1. The number of para-hydroxylation sites is 1. The van der Waals surface area contributed by atoms with Crippen LogP contribution in [-0.4, -0.2) is 24.5 Å². The first-order valence-corrected chi connectivity index (χ1v) is 9.14. The van der Waals surface area contributed by atoms with Gasteiger partial charge in [-0.15, -0.1) is 0 Å². The maximum absolute atomic E-state index is 12.1. The van der Waals surface area contributed by atoms with E-state index in [-0.39, 0.29) is 24.1 Å². The highest BCUT2D eigenvalue weighted by atomic mass is 16.5. The van der Waals surface area contributed by atoms with Crippen molar-refractivity contribution in [3.63, 3.8) is 0 Å². The highest BCUT2D eigenvalue weighted by Crippen LogP contribution is 2.40. The van der Waals surface area contributed by atoms with Crippen LogP contribution in [-0.2, 0) is 4.79 Å². The van der Waals surface area contributed by atoms with Crippen molar-refractivity contribution in [1.82, 2.24) is 5.32 Å². The number of hydrogen-bond acceptors (Lipinski definition) is 3. The summed E-state index contributed by atoms with van der Waals surface area (Å²) in [6.45, 7) is 6.81. The highest BCUT2D eigenvalue weighted by molar-refractivity contribution is 5.95. The first-order chi connectivity index (χ1) is 11.8. The van der Waals surface area contributed by atoms with Gasteiger partial charge < -0.3 is 15.8 Å². The summed E-state index contributed by atoms with van der Waals surface area (Å²) in [5.74, 6) is 0.355. The molecule has 1 aliphatic carbocycles. The summed E-state index contributed by atoms with van der Waals surface area (Å²) in [7, 11) is 0. The largest absolute Gasteiger partial charge is 0.483 e. The fourth-order valence-electron chi connectivity index (χ4n) is 3.52. The Labute approximate surface area is 150 Å². The second kappa shape index (κ2) is 8.37. The third-order valence-electron chi connectivity index (χ3n) is 5.62. The Morgan fingerprint density at radius 1 is 1.20 bits per heavy atom. The number of rotatable bonds is 7. The smallest absolute Gasteiger partial charge is 0.258 e. The molecule has 1 aromatic carbocycles. The van der Waals surface area contributed by atoms with Crippen molar-refractivity contribution in [3.05, 3.63) is 29.8 Å². The average molecular weight is 346 g/mol. The molecule has 1 aromatic rings. The van der Waals surface area contributed by atoms with E-state index >= 15 is 0 Å². The van der Waals surface area contributed by atoms with E-state index in [9.17, 15) is 9.59 Å². The van der Waals surface area contributed by atoms with Gasteiger partial charge in [0.05, 0.1) is 5.56 Å². The normalized spacial score (nSPS) is 20.8. The molecule has 3 N–H and O–H groups in total. The van der Waals surface area contributed by atoms with E-state index in [0.29, 0.717) is 11.2 Å². The third-order valence-corrected chi connectivity index (χ3v) is 5.62. The molecule has 0 radical (unpaired) electrons. The fraction of sp³-hybridized carbons (Fsp3) is 0.600. The molecule has 1 saturated carbocycles. The molecular weight excluding hydrogens is 316 g/mol. The van der Waals surface area contributed by atoms with Crippen molar-refractivity contribution in [2.45, 2.75) is 58.9 Å². The quantitative estimate of drug-likeness (QED) is 0.795. The van der Waals surface area contributed by atoms with E-state index in [2.05, 4.69) is 26.1 Å². The number of nitrogens with one attached hydrogen (secondary N) is 1. The summed E-state index contributed by atoms with van der Waals surface area (Å²) in [5, 5.41) is 3.05. The van der Waals surface area contributed by atoms with Crippen molar-refractivity contribution < 1.29 is 14.3 Å². The lowest BCUT2D eigenvalue weighted by atomic mass is 9.69. The van der Waals surface area contributed by atoms with Gasteiger partial charge >= 0.3 is 0 Å². The first kappa shape index (κ1) is 19.3. The molecular formula is C20H30N2O3. The Hall–Kier alpha value is -2.04. The zero-order valence-electron chi connectivity index (χ0n) is 15.5. The van der Waals surface area contributed by atoms with Crippen LogP contribution in [0.5, 0.6) is 5.75 Å². The van der Waals surface area contributed by atoms with Crippen LogP contribution in [0.3, 0.4) is 0 Å². The molecule has 0 saturated heterocycles. The van der Waals surface area contributed by atoms with Crippen LogP contribution in [0.25, 0.3) is 0 Å². The standard InChI is InChI=1S/C20H30N2O3/c1-4-20(2,3)14-9-11-15(12-10-14)22-18(23)13-25-17-8-6-5-7-16(17)19(21)24/h5-8,14-15H,4,9-13H2,1-3H3,(H2,21,24)(H,22,23). The molecule has 5 heteroatoms. The van der Waals surface area contributed by atoms with Crippen LogP contribution in [0, 0.1) is 11.3 Å². The van der Waals surface area contributed by atoms with E-state index in [1.165, 1.54) is 6.42 Å². The van der Waals surface area contributed by atoms with Crippen molar-refractivity contribution >= 4 is 11.8 Å². The van der Waals surface area contributed by atoms with Crippen LogP contribution in [0.1, 0.15) is 63.2 Å². The zero-order chi connectivity index (χ0) is 18.4. The monoisotopic (exact) mass is 346 g/mol. The predicted molar refractivity (Wildman–Crippen MR) is 98.4 cm³/mol. The molecule has 0 aliphatic heterocycles. The number of carbonyl (C=O) groups is 2. The Balaban J connectivity index is 1.80. The van der Waals surface area contributed by atoms with Gasteiger partial charge in [-0.25, -0.2) is 0 Å². The van der Waals surface area contributed by atoms with Crippen molar-refractivity contribution in [3.8, 4) is 5.75 Å². The van der Waals surface area contributed by atoms with Gasteiger partial charge in [0.1, 0.15) is 5.75 Å². The maximum atomic E-state index is 12.1. The predicted octanol–water partition coefficient (Wildman–Crippen LogP) is 3.28. The topological polar surface area (TPSA) is 81.4 Å². The first-order valence-electron chi connectivity index (χ1n) is 9.14. The summed E-state index contributed by atoms with van der Waals surface area (Å²) < 4.78 is 5.48. The molecule has 2 rings (SSSR count). The third kappa shape index (κ3) is 5.21. The highest BCUT2D eigenvalue weighted by Gasteiger charge is 2.32. The van der Waals surface area contributed by atoms with Gasteiger partial charge in [-0.1, -0.05) is 39.3 Å². The maximum Gasteiger partial charge on any atom is 0.258 e. The molecule has 0 bridgehead atoms. The lowest BCUT2D eigenvalue weighted by molar-refractivity contribution is -0.124. The second-order valence-corrected chi connectivity index (χ2v) is 7.61. The van der Waals surface area contributed by atoms with Crippen LogP contribution in [0.15, 0.2) is 24.3 Å². The van der Waals surface area contributed by atoms with Gasteiger partial charge in [-0.2, -0.15) is 0 Å². The number of nitrogens with two attached hydrogens (primary N) is 1. The van der Waals surface area contributed by atoms with Crippen molar-refractivity contribution in [2.24, 2.45) is 17.1 Å². The molecule has 0 spiro atoms. The SMILES string of the molecule is CCC(C)(C)C1CCC(NC(=O)COc2ccccc2C(N)=O)CC1. The summed E-state index contributed by atoms with van der Waals surface area (Å²) in [5.41, 5.74) is 5.97. The van der Waals surface area contributed by atoms with E-state index in [1.807, 2.05) is 0 Å². The summed E-state index contributed by atoms with van der Waals surface area (Å²) in [4.78, 5) is 23.5. The van der Waals surface area contributed by atoms with Crippen LogP contribution in [0.4, 0.5) is 0 Å². The molecule has 5 nitrogen and oxygen atoms in total. The number of primary amides is 1. The minimum Gasteiger partial charge on any atom is -0.483 e. The molecule has 0 heterocycles. The molecule has 0 aromatic heterocycles. The molecule has 0 unspecified atom stereocenters. The van der Waals surface area contributed by atoms with Gasteiger partial charge in [0.2, 0.25) is 0 Å². The van der Waals surface area contributed by atoms with Gasteiger partial charge in [0.25, 0.3) is 11.8 Å². The van der Waals surface area contributed by atoms with E-state index < -0.39 is 5.91 Å². The van der Waals surface area contributed by atoms with E-state index in [4.69, 9.17) is 10.5 Å². The van der Waals surface area contributed by atoms with Gasteiger partial charge in [-0.05, 0) is 49.1 Å². The van der Waals surface area contributed by atoms with E-state index in [1.54, 1.807) is 24.3 Å². The Bertz CT molecular complexity index is 605.